The largest absolute Gasteiger partial charge is 0.491 e. The van der Waals surface area contributed by atoms with Crippen molar-refractivity contribution in [3.63, 3.8) is 0 Å². The number of benzene rings is 1. The third-order valence-electron chi connectivity index (χ3n) is 3.11. The minimum absolute atomic E-state index is 0.0944. The molecule has 20 heavy (non-hydrogen) atoms. The van der Waals surface area contributed by atoms with Crippen LogP contribution in [-0.2, 0) is 4.79 Å². The van der Waals surface area contributed by atoms with E-state index in [0.29, 0.717) is 0 Å². The molecule has 112 valence electrons. The predicted molar refractivity (Wildman–Crippen MR) is 81.6 cm³/mol. The molecule has 0 saturated carbocycles. The molecule has 0 aromatic heterocycles. The van der Waals surface area contributed by atoms with Crippen molar-refractivity contribution in [2.24, 2.45) is 11.7 Å². The summed E-state index contributed by atoms with van der Waals surface area (Å²) < 4.78 is 5.66. The summed E-state index contributed by atoms with van der Waals surface area (Å²) in [4.78, 5) is 12.0. The molecule has 4 nitrogen and oxygen atoms in total. The predicted octanol–water partition coefficient (Wildman–Crippen LogP) is 2.63. The van der Waals surface area contributed by atoms with Gasteiger partial charge in [-0.2, -0.15) is 0 Å². The fourth-order valence-electron chi connectivity index (χ4n) is 1.83. The first-order valence-corrected chi connectivity index (χ1v) is 7.13. The molecule has 0 bridgehead atoms. The second-order valence-corrected chi connectivity index (χ2v) is 5.74. The third kappa shape index (κ3) is 4.85. The van der Waals surface area contributed by atoms with Crippen LogP contribution in [0.15, 0.2) is 24.3 Å². The Balaban J connectivity index is 2.72. The van der Waals surface area contributed by atoms with Gasteiger partial charge in [-0.05, 0) is 44.4 Å². The van der Waals surface area contributed by atoms with Crippen LogP contribution in [0.3, 0.4) is 0 Å². The van der Waals surface area contributed by atoms with Crippen molar-refractivity contribution in [1.82, 2.24) is 5.32 Å². The van der Waals surface area contributed by atoms with Crippen LogP contribution in [0.25, 0.3) is 0 Å². The van der Waals surface area contributed by atoms with E-state index in [1.54, 1.807) is 0 Å². The SMILES string of the molecule is CC(C)Oc1cccc(C(C)NC(=O)C(N)C(C)C)c1. The Hall–Kier alpha value is -1.55. The number of rotatable bonds is 6. The summed E-state index contributed by atoms with van der Waals surface area (Å²) in [6.45, 7) is 9.79. The quantitative estimate of drug-likeness (QED) is 0.840. The topological polar surface area (TPSA) is 64.3 Å². The molecule has 1 amide bonds. The molecule has 0 spiro atoms. The fraction of sp³-hybridized carbons (Fsp3) is 0.562. The molecular weight excluding hydrogens is 252 g/mol. The van der Waals surface area contributed by atoms with Crippen molar-refractivity contribution < 1.29 is 9.53 Å². The zero-order valence-electron chi connectivity index (χ0n) is 13.0. The minimum Gasteiger partial charge on any atom is -0.491 e. The zero-order valence-corrected chi connectivity index (χ0v) is 13.0. The average molecular weight is 278 g/mol. The normalized spacial score (nSPS) is 14.2. The first-order chi connectivity index (χ1) is 9.31. The summed E-state index contributed by atoms with van der Waals surface area (Å²) in [6, 6.07) is 7.19. The van der Waals surface area contributed by atoms with E-state index in [2.05, 4.69) is 5.32 Å². The number of carbonyl (C=O) groups excluding carboxylic acids is 1. The van der Waals surface area contributed by atoms with Crippen LogP contribution in [0.2, 0.25) is 0 Å². The number of hydrogen-bond acceptors (Lipinski definition) is 3. The van der Waals surface area contributed by atoms with E-state index in [4.69, 9.17) is 10.5 Å². The van der Waals surface area contributed by atoms with E-state index in [1.165, 1.54) is 0 Å². The standard InChI is InChI=1S/C16H26N2O2/c1-10(2)15(17)16(19)18-12(5)13-7-6-8-14(9-13)20-11(3)4/h6-12,15H,17H2,1-5H3,(H,18,19). The highest BCUT2D eigenvalue weighted by Crippen LogP contribution is 2.20. The van der Waals surface area contributed by atoms with Crippen molar-refractivity contribution >= 4 is 5.91 Å². The van der Waals surface area contributed by atoms with Gasteiger partial charge in [-0.25, -0.2) is 0 Å². The van der Waals surface area contributed by atoms with Crippen molar-refractivity contribution in [3.05, 3.63) is 29.8 Å². The molecule has 2 atom stereocenters. The maximum atomic E-state index is 12.0. The van der Waals surface area contributed by atoms with Gasteiger partial charge in [-0.15, -0.1) is 0 Å². The summed E-state index contributed by atoms with van der Waals surface area (Å²) in [5, 5.41) is 2.94. The van der Waals surface area contributed by atoms with Crippen LogP contribution >= 0.6 is 0 Å². The third-order valence-corrected chi connectivity index (χ3v) is 3.11. The summed E-state index contributed by atoms with van der Waals surface area (Å²) in [6.07, 6.45) is 0.129. The average Bonchev–Trinajstić information content (AvgIpc) is 2.37. The first kappa shape index (κ1) is 16.5. The molecule has 1 aromatic carbocycles. The lowest BCUT2D eigenvalue weighted by molar-refractivity contribution is -0.123. The van der Waals surface area contributed by atoms with Gasteiger partial charge < -0.3 is 15.8 Å². The molecule has 4 heteroatoms. The van der Waals surface area contributed by atoms with E-state index in [1.807, 2.05) is 58.9 Å². The maximum absolute atomic E-state index is 12.0. The van der Waals surface area contributed by atoms with Crippen LogP contribution in [0.4, 0.5) is 0 Å². The van der Waals surface area contributed by atoms with Crippen LogP contribution in [-0.4, -0.2) is 18.1 Å². The minimum atomic E-state index is -0.479. The lowest BCUT2D eigenvalue weighted by Crippen LogP contribution is -2.44. The Morgan fingerprint density at radius 1 is 1.20 bits per heavy atom. The van der Waals surface area contributed by atoms with Crippen molar-refractivity contribution in [2.45, 2.75) is 52.8 Å². The number of hydrogen-bond donors (Lipinski definition) is 2. The van der Waals surface area contributed by atoms with Crippen LogP contribution in [0.5, 0.6) is 5.75 Å². The van der Waals surface area contributed by atoms with Gasteiger partial charge in [0.05, 0.1) is 18.2 Å². The smallest absolute Gasteiger partial charge is 0.237 e. The molecule has 0 aliphatic rings. The van der Waals surface area contributed by atoms with E-state index < -0.39 is 6.04 Å². The lowest BCUT2D eigenvalue weighted by atomic mass is 10.0. The number of nitrogens with two attached hydrogens (primary N) is 1. The second kappa shape index (κ2) is 7.29. The maximum Gasteiger partial charge on any atom is 0.237 e. The Morgan fingerprint density at radius 3 is 2.40 bits per heavy atom. The molecule has 0 radical (unpaired) electrons. The van der Waals surface area contributed by atoms with Crippen molar-refractivity contribution in [1.29, 1.82) is 0 Å². The van der Waals surface area contributed by atoms with Crippen molar-refractivity contribution in [2.75, 3.05) is 0 Å². The van der Waals surface area contributed by atoms with E-state index in [9.17, 15) is 4.79 Å². The highest BCUT2D eigenvalue weighted by molar-refractivity contribution is 5.82. The lowest BCUT2D eigenvalue weighted by Gasteiger charge is -2.20. The van der Waals surface area contributed by atoms with E-state index in [-0.39, 0.29) is 24.0 Å². The number of nitrogens with one attached hydrogen (secondary N) is 1. The first-order valence-electron chi connectivity index (χ1n) is 7.13. The molecule has 3 N–H and O–H groups in total. The Kier molecular flexibility index (Phi) is 6.02. The molecule has 0 aliphatic carbocycles. The van der Waals surface area contributed by atoms with Gasteiger partial charge in [0.25, 0.3) is 0 Å². The molecule has 0 heterocycles. The molecule has 0 aliphatic heterocycles. The molecule has 1 rings (SSSR count). The van der Waals surface area contributed by atoms with Gasteiger partial charge in [-0.3, -0.25) is 4.79 Å². The Labute approximate surface area is 121 Å². The summed E-state index contributed by atoms with van der Waals surface area (Å²) in [5.74, 6) is 0.812. The van der Waals surface area contributed by atoms with Crippen LogP contribution in [0.1, 0.15) is 46.2 Å². The van der Waals surface area contributed by atoms with Crippen molar-refractivity contribution in [3.8, 4) is 5.75 Å². The Morgan fingerprint density at radius 2 is 1.85 bits per heavy atom. The molecule has 2 unspecified atom stereocenters. The number of ether oxygens (including phenoxy) is 1. The molecule has 0 fully saturated rings. The Bertz CT molecular complexity index is 444. The molecule has 1 aromatic rings. The van der Waals surface area contributed by atoms with Gasteiger partial charge in [0.2, 0.25) is 5.91 Å². The number of amides is 1. The van der Waals surface area contributed by atoms with E-state index >= 15 is 0 Å². The summed E-state index contributed by atoms with van der Waals surface area (Å²) in [7, 11) is 0. The van der Waals surface area contributed by atoms with Gasteiger partial charge in [0.1, 0.15) is 5.75 Å². The van der Waals surface area contributed by atoms with E-state index in [0.717, 1.165) is 11.3 Å². The fourth-order valence-corrected chi connectivity index (χ4v) is 1.83. The number of carbonyl (C=O) groups is 1. The highest BCUT2D eigenvalue weighted by atomic mass is 16.5. The summed E-state index contributed by atoms with van der Waals surface area (Å²) in [5.41, 5.74) is 6.85. The molecular formula is C16H26N2O2. The molecule has 0 saturated heterocycles. The van der Waals surface area contributed by atoms with Gasteiger partial charge >= 0.3 is 0 Å². The summed E-state index contributed by atoms with van der Waals surface area (Å²) >= 11 is 0. The van der Waals surface area contributed by atoms with Gasteiger partial charge in [0.15, 0.2) is 0 Å². The second-order valence-electron chi connectivity index (χ2n) is 5.74. The monoisotopic (exact) mass is 278 g/mol. The van der Waals surface area contributed by atoms with Gasteiger partial charge in [-0.1, -0.05) is 26.0 Å². The highest BCUT2D eigenvalue weighted by Gasteiger charge is 2.19. The van der Waals surface area contributed by atoms with Crippen LogP contribution in [0, 0.1) is 5.92 Å². The van der Waals surface area contributed by atoms with Crippen LogP contribution < -0.4 is 15.8 Å². The van der Waals surface area contributed by atoms with Gasteiger partial charge in [0, 0.05) is 0 Å². The zero-order chi connectivity index (χ0) is 15.3.